The van der Waals surface area contributed by atoms with Gasteiger partial charge in [0.1, 0.15) is 6.04 Å². The Labute approximate surface area is 172 Å². The molecule has 1 aliphatic heterocycles. The number of nitrogens with zero attached hydrogens (tertiary/aromatic N) is 1. The molecule has 1 heterocycles. The molecule has 7 nitrogen and oxygen atoms in total. The minimum absolute atomic E-state index is 0.205. The van der Waals surface area contributed by atoms with Crippen molar-refractivity contribution in [3.05, 3.63) is 53.6 Å². The molecule has 2 N–H and O–H groups in total. The molecule has 1 aliphatic rings. The van der Waals surface area contributed by atoms with E-state index in [1.54, 1.807) is 26.0 Å². The van der Waals surface area contributed by atoms with E-state index in [1.807, 2.05) is 31.2 Å². The zero-order valence-corrected chi connectivity index (χ0v) is 17.8. The second-order valence-corrected chi connectivity index (χ2v) is 9.12. The van der Waals surface area contributed by atoms with Gasteiger partial charge in [-0.15, -0.1) is 0 Å². The lowest BCUT2D eigenvalue weighted by Crippen LogP contribution is -2.40. The minimum atomic E-state index is -3.64. The number of carbonyl (C=O) groups excluding carboxylic acids is 1. The van der Waals surface area contributed by atoms with Gasteiger partial charge in [0.2, 0.25) is 15.9 Å². The lowest BCUT2D eigenvalue weighted by Gasteiger charge is -2.27. The Morgan fingerprint density at radius 2 is 1.66 bits per heavy atom. The molecule has 0 saturated carbocycles. The molecule has 2 aromatic rings. The number of carbonyl (C=O) groups is 1. The molecule has 1 fully saturated rings. The molecule has 0 spiro atoms. The first-order valence-electron chi connectivity index (χ1n) is 9.60. The van der Waals surface area contributed by atoms with Gasteiger partial charge in [-0.2, -0.15) is 4.31 Å². The van der Waals surface area contributed by atoms with E-state index in [1.165, 1.54) is 10.4 Å². The van der Waals surface area contributed by atoms with Gasteiger partial charge in [0.15, 0.2) is 0 Å². The second kappa shape index (κ2) is 8.94. The number of ether oxygens (including phenoxy) is 1. The topological polar surface area (TPSA) is 87.7 Å². The summed E-state index contributed by atoms with van der Waals surface area (Å²) in [6.07, 6.45) is 0. The summed E-state index contributed by atoms with van der Waals surface area (Å²) in [7, 11) is -3.64. The SMILES string of the molecule is Cc1ccc(N[C@H](C)C(=O)Nc2ccc(C)c(S(=O)(=O)N3CCOCC3)c2)cc1. The molecule has 156 valence electrons. The fourth-order valence-electron chi connectivity index (χ4n) is 3.10. The summed E-state index contributed by atoms with van der Waals surface area (Å²) in [5.41, 5.74) is 3.07. The highest BCUT2D eigenvalue weighted by molar-refractivity contribution is 7.89. The first-order chi connectivity index (χ1) is 13.8. The lowest BCUT2D eigenvalue weighted by atomic mass is 10.2. The molecular formula is C21H27N3O4S. The van der Waals surface area contributed by atoms with E-state index in [0.29, 0.717) is 37.6 Å². The highest BCUT2D eigenvalue weighted by Crippen LogP contribution is 2.24. The fraction of sp³-hybridized carbons (Fsp3) is 0.381. The molecule has 0 aromatic heterocycles. The number of amides is 1. The number of aryl methyl sites for hydroxylation is 2. The summed E-state index contributed by atoms with van der Waals surface area (Å²) in [5.74, 6) is -0.246. The number of benzene rings is 2. The molecule has 0 unspecified atom stereocenters. The van der Waals surface area contributed by atoms with Gasteiger partial charge in [0, 0.05) is 24.5 Å². The number of anilines is 2. The van der Waals surface area contributed by atoms with Crippen molar-refractivity contribution in [2.75, 3.05) is 36.9 Å². The monoisotopic (exact) mass is 417 g/mol. The second-order valence-electron chi connectivity index (χ2n) is 7.22. The Hall–Kier alpha value is -2.42. The number of rotatable bonds is 6. The third kappa shape index (κ3) is 5.14. The summed E-state index contributed by atoms with van der Waals surface area (Å²) < 4.78 is 32.7. The smallest absolute Gasteiger partial charge is 0.246 e. The maximum absolute atomic E-state index is 13.0. The Morgan fingerprint density at radius 1 is 1.03 bits per heavy atom. The van der Waals surface area contributed by atoms with Gasteiger partial charge >= 0.3 is 0 Å². The van der Waals surface area contributed by atoms with E-state index in [-0.39, 0.29) is 10.8 Å². The minimum Gasteiger partial charge on any atom is -0.379 e. The van der Waals surface area contributed by atoms with E-state index in [4.69, 9.17) is 4.74 Å². The summed E-state index contributed by atoms with van der Waals surface area (Å²) >= 11 is 0. The molecule has 1 amide bonds. The zero-order chi connectivity index (χ0) is 21.0. The molecule has 8 heteroatoms. The molecule has 29 heavy (non-hydrogen) atoms. The predicted octanol–water partition coefficient (Wildman–Crippen LogP) is 2.76. The Morgan fingerprint density at radius 3 is 2.31 bits per heavy atom. The van der Waals surface area contributed by atoms with Crippen molar-refractivity contribution in [3.63, 3.8) is 0 Å². The van der Waals surface area contributed by atoms with Gasteiger partial charge < -0.3 is 15.4 Å². The van der Waals surface area contributed by atoms with Gasteiger partial charge in [-0.25, -0.2) is 8.42 Å². The summed E-state index contributed by atoms with van der Waals surface area (Å²) in [4.78, 5) is 12.8. The van der Waals surface area contributed by atoms with Gasteiger partial charge in [-0.1, -0.05) is 23.8 Å². The first kappa shape index (κ1) is 21.3. The maximum atomic E-state index is 13.0. The highest BCUT2D eigenvalue weighted by atomic mass is 32.2. The predicted molar refractivity (Wildman–Crippen MR) is 114 cm³/mol. The van der Waals surface area contributed by atoms with Crippen LogP contribution in [0.3, 0.4) is 0 Å². The normalized spacial score (nSPS) is 16.2. The molecule has 0 aliphatic carbocycles. The number of hydrogen-bond donors (Lipinski definition) is 2. The molecular weight excluding hydrogens is 390 g/mol. The van der Waals surface area contributed by atoms with Crippen LogP contribution >= 0.6 is 0 Å². The van der Waals surface area contributed by atoms with Gasteiger partial charge in [0.05, 0.1) is 18.1 Å². The molecule has 2 aromatic carbocycles. The van der Waals surface area contributed by atoms with Crippen LogP contribution in [0.5, 0.6) is 0 Å². The van der Waals surface area contributed by atoms with Gasteiger partial charge in [-0.3, -0.25) is 4.79 Å². The average molecular weight is 418 g/mol. The number of nitrogens with one attached hydrogen (secondary N) is 2. The molecule has 1 saturated heterocycles. The van der Waals surface area contributed by atoms with Crippen LogP contribution in [0.1, 0.15) is 18.1 Å². The summed E-state index contributed by atoms with van der Waals surface area (Å²) in [5, 5.41) is 5.95. The summed E-state index contributed by atoms with van der Waals surface area (Å²) in [6, 6.07) is 12.2. The van der Waals surface area contributed by atoms with Crippen LogP contribution in [0.4, 0.5) is 11.4 Å². The molecule has 1 atom stereocenters. The number of morpholine rings is 1. The van der Waals surface area contributed by atoms with Crippen LogP contribution in [0.2, 0.25) is 0 Å². The zero-order valence-electron chi connectivity index (χ0n) is 16.9. The Kier molecular flexibility index (Phi) is 6.56. The fourth-order valence-corrected chi connectivity index (χ4v) is 4.76. The van der Waals surface area contributed by atoms with Crippen molar-refractivity contribution in [1.29, 1.82) is 0 Å². The average Bonchev–Trinajstić information content (AvgIpc) is 2.71. The van der Waals surface area contributed by atoms with Crippen LogP contribution in [0, 0.1) is 13.8 Å². The van der Waals surface area contributed by atoms with Crippen LogP contribution in [0.25, 0.3) is 0 Å². The molecule has 0 radical (unpaired) electrons. The number of hydrogen-bond acceptors (Lipinski definition) is 5. The van der Waals surface area contributed by atoms with Crippen molar-refractivity contribution in [3.8, 4) is 0 Å². The van der Waals surface area contributed by atoms with E-state index in [0.717, 1.165) is 11.3 Å². The van der Waals surface area contributed by atoms with Crippen molar-refractivity contribution < 1.29 is 17.9 Å². The van der Waals surface area contributed by atoms with E-state index < -0.39 is 16.1 Å². The quantitative estimate of drug-likeness (QED) is 0.755. The van der Waals surface area contributed by atoms with Crippen LogP contribution in [-0.2, 0) is 19.6 Å². The Bertz CT molecular complexity index is 968. The lowest BCUT2D eigenvalue weighted by molar-refractivity contribution is -0.116. The number of sulfonamides is 1. The third-order valence-corrected chi connectivity index (χ3v) is 6.91. The highest BCUT2D eigenvalue weighted by Gasteiger charge is 2.28. The largest absolute Gasteiger partial charge is 0.379 e. The standard InChI is InChI=1S/C21H27N3O4S/c1-15-4-7-18(8-5-15)22-17(3)21(25)23-19-9-6-16(2)20(14-19)29(26,27)24-10-12-28-13-11-24/h4-9,14,17,22H,10-13H2,1-3H3,(H,23,25)/t17-/m1/s1. The van der Waals surface area contributed by atoms with Crippen LogP contribution < -0.4 is 10.6 Å². The van der Waals surface area contributed by atoms with Crippen molar-refractivity contribution in [2.45, 2.75) is 31.7 Å². The maximum Gasteiger partial charge on any atom is 0.246 e. The van der Waals surface area contributed by atoms with Crippen molar-refractivity contribution in [1.82, 2.24) is 4.31 Å². The van der Waals surface area contributed by atoms with Gasteiger partial charge in [-0.05, 0) is 50.6 Å². The van der Waals surface area contributed by atoms with Crippen molar-refractivity contribution in [2.24, 2.45) is 0 Å². The van der Waals surface area contributed by atoms with E-state index >= 15 is 0 Å². The van der Waals surface area contributed by atoms with E-state index in [2.05, 4.69) is 10.6 Å². The van der Waals surface area contributed by atoms with Crippen molar-refractivity contribution >= 4 is 27.3 Å². The van der Waals surface area contributed by atoms with E-state index in [9.17, 15) is 13.2 Å². The molecule has 3 rings (SSSR count). The van der Waals surface area contributed by atoms with Crippen LogP contribution in [0.15, 0.2) is 47.4 Å². The third-order valence-electron chi connectivity index (χ3n) is 4.87. The van der Waals surface area contributed by atoms with Gasteiger partial charge in [0.25, 0.3) is 0 Å². The summed E-state index contributed by atoms with van der Waals surface area (Å²) in [6.45, 7) is 6.94. The first-order valence-corrected chi connectivity index (χ1v) is 11.0. The molecule has 0 bridgehead atoms. The Balaban J connectivity index is 1.73. The van der Waals surface area contributed by atoms with Crippen LogP contribution in [-0.4, -0.2) is 51.0 Å².